The first-order valence-corrected chi connectivity index (χ1v) is 9.51. The molecule has 0 saturated carbocycles. The van der Waals surface area contributed by atoms with Gasteiger partial charge in [0.25, 0.3) is 11.4 Å². The highest BCUT2D eigenvalue weighted by molar-refractivity contribution is 5.75. The van der Waals surface area contributed by atoms with E-state index in [0.29, 0.717) is 17.9 Å². The van der Waals surface area contributed by atoms with Crippen LogP contribution < -0.4 is 10.9 Å². The molecule has 1 amide bonds. The van der Waals surface area contributed by atoms with Crippen LogP contribution in [0.5, 0.6) is 0 Å². The molecule has 0 aliphatic rings. The molecule has 7 heteroatoms. The van der Waals surface area contributed by atoms with Gasteiger partial charge in [-0.1, -0.05) is 59.3 Å². The highest BCUT2D eigenvalue weighted by Gasteiger charge is 2.13. The van der Waals surface area contributed by atoms with E-state index in [0.717, 1.165) is 16.7 Å². The topological polar surface area (TPSA) is 90.0 Å². The normalized spacial score (nSPS) is 10.7. The maximum absolute atomic E-state index is 12.3. The van der Waals surface area contributed by atoms with Crippen LogP contribution >= 0.6 is 0 Å². The van der Waals surface area contributed by atoms with Crippen LogP contribution in [0.1, 0.15) is 11.1 Å². The fourth-order valence-electron chi connectivity index (χ4n) is 3.03. The zero-order chi connectivity index (χ0) is 20.9. The van der Waals surface area contributed by atoms with E-state index in [2.05, 4.69) is 15.5 Å². The summed E-state index contributed by atoms with van der Waals surface area (Å²) >= 11 is 0. The molecule has 0 spiro atoms. The molecule has 0 bridgehead atoms. The number of benzene rings is 2. The minimum Gasteiger partial charge on any atom is -0.350 e. The third-order valence-corrected chi connectivity index (χ3v) is 4.58. The quantitative estimate of drug-likeness (QED) is 0.537. The Morgan fingerprint density at radius 1 is 1.03 bits per heavy atom. The summed E-state index contributed by atoms with van der Waals surface area (Å²) in [6.45, 7) is 2.29. The smallest absolute Gasteiger partial charge is 0.259 e. The molecule has 0 atom stereocenters. The lowest BCUT2D eigenvalue weighted by molar-refractivity contribution is -0.121. The second kappa shape index (κ2) is 8.57. The molecule has 30 heavy (non-hydrogen) atoms. The molecule has 1 N–H and O–H groups in total. The van der Waals surface area contributed by atoms with E-state index in [1.807, 2.05) is 61.5 Å². The van der Waals surface area contributed by atoms with Crippen LogP contribution in [-0.4, -0.2) is 20.6 Å². The van der Waals surface area contributed by atoms with E-state index in [4.69, 9.17) is 4.52 Å². The third-order valence-electron chi connectivity index (χ3n) is 4.58. The van der Waals surface area contributed by atoms with Gasteiger partial charge in [0, 0.05) is 24.4 Å². The van der Waals surface area contributed by atoms with Crippen molar-refractivity contribution < 1.29 is 9.32 Å². The van der Waals surface area contributed by atoms with Gasteiger partial charge >= 0.3 is 0 Å². The minimum atomic E-state index is -0.285. The molecule has 4 rings (SSSR count). The number of amides is 1. The number of nitrogens with one attached hydrogen (secondary N) is 1. The summed E-state index contributed by atoms with van der Waals surface area (Å²) in [5, 5.41) is 6.84. The van der Waals surface area contributed by atoms with Crippen LogP contribution in [-0.2, 0) is 17.9 Å². The second-order valence-electron chi connectivity index (χ2n) is 6.94. The Kier molecular flexibility index (Phi) is 5.52. The molecule has 4 aromatic rings. The van der Waals surface area contributed by atoms with Crippen LogP contribution in [0, 0.1) is 6.92 Å². The summed E-state index contributed by atoms with van der Waals surface area (Å²) < 4.78 is 6.70. The van der Waals surface area contributed by atoms with Crippen LogP contribution in [0.3, 0.4) is 0 Å². The molecular formula is C23H20N4O3. The molecule has 0 saturated heterocycles. The predicted octanol–water partition coefficient (Wildman–Crippen LogP) is 3.19. The summed E-state index contributed by atoms with van der Waals surface area (Å²) in [5.41, 5.74) is 3.21. The SMILES string of the molecule is Cc1cccc(-c2noc(-c3ccc(=O)n(CC(=O)NCc4ccccc4)c3)n2)c1. The number of carbonyl (C=O) groups is 1. The summed E-state index contributed by atoms with van der Waals surface area (Å²) in [6, 6.07) is 20.4. The monoisotopic (exact) mass is 400 g/mol. The third kappa shape index (κ3) is 4.52. The van der Waals surface area contributed by atoms with E-state index in [9.17, 15) is 9.59 Å². The van der Waals surface area contributed by atoms with E-state index in [1.54, 1.807) is 12.3 Å². The first kappa shape index (κ1) is 19.3. The number of rotatable bonds is 6. The Balaban J connectivity index is 1.49. The molecule has 2 aromatic heterocycles. The van der Waals surface area contributed by atoms with Gasteiger partial charge < -0.3 is 14.4 Å². The number of pyridine rings is 1. The molecule has 0 unspecified atom stereocenters. The number of nitrogens with zero attached hydrogens (tertiary/aromatic N) is 3. The fraction of sp³-hybridized carbons (Fsp3) is 0.130. The Morgan fingerprint density at radius 3 is 2.67 bits per heavy atom. The Labute approximate surface area is 173 Å². The van der Waals surface area contributed by atoms with Crippen molar-refractivity contribution in [2.24, 2.45) is 0 Å². The van der Waals surface area contributed by atoms with Gasteiger partial charge in [-0.05, 0) is 24.6 Å². The number of hydrogen-bond donors (Lipinski definition) is 1. The first-order chi connectivity index (χ1) is 14.6. The maximum atomic E-state index is 12.3. The Morgan fingerprint density at radius 2 is 1.87 bits per heavy atom. The number of hydrogen-bond acceptors (Lipinski definition) is 5. The highest BCUT2D eigenvalue weighted by atomic mass is 16.5. The van der Waals surface area contributed by atoms with Crippen molar-refractivity contribution in [2.45, 2.75) is 20.0 Å². The van der Waals surface area contributed by atoms with Crippen molar-refractivity contribution in [3.8, 4) is 22.8 Å². The van der Waals surface area contributed by atoms with Crippen molar-refractivity contribution >= 4 is 5.91 Å². The largest absolute Gasteiger partial charge is 0.350 e. The molecule has 0 aliphatic carbocycles. The summed E-state index contributed by atoms with van der Waals surface area (Å²) in [4.78, 5) is 28.9. The van der Waals surface area contributed by atoms with Crippen molar-refractivity contribution in [1.82, 2.24) is 20.0 Å². The Hall–Kier alpha value is -4.00. The van der Waals surface area contributed by atoms with Crippen LogP contribution in [0.15, 0.2) is 82.2 Å². The minimum absolute atomic E-state index is 0.0988. The lowest BCUT2D eigenvalue weighted by Gasteiger charge is -2.08. The van der Waals surface area contributed by atoms with Crippen molar-refractivity contribution in [3.63, 3.8) is 0 Å². The van der Waals surface area contributed by atoms with Gasteiger partial charge in [0.15, 0.2) is 0 Å². The number of aryl methyl sites for hydroxylation is 1. The van der Waals surface area contributed by atoms with E-state index >= 15 is 0 Å². The van der Waals surface area contributed by atoms with Gasteiger partial charge in [0.2, 0.25) is 11.7 Å². The first-order valence-electron chi connectivity index (χ1n) is 9.51. The van der Waals surface area contributed by atoms with Crippen molar-refractivity contribution in [1.29, 1.82) is 0 Å². The summed E-state index contributed by atoms with van der Waals surface area (Å²) in [6.07, 6.45) is 1.55. The number of carbonyl (C=O) groups excluding carboxylic acids is 1. The average Bonchev–Trinajstić information content (AvgIpc) is 3.25. The molecular weight excluding hydrogens is 380 g/mol. The van der Waals surface area contributed by atoms with E-state index in [-0.39, 0.29) is 23.9 Å². The van der Waals surface area contributed by atoms with Gasteiger partial charge in [-0.3, -0.25) is 9.59 Å². The average molecular weight is 400 g/mol. The van der Waals surface area contributed by atoms with Gasteiger partial charge in [0.05, 0.1) is 5.56 Å². The molecule has 0 fully saturated rings. The molecule has 2 heterocycles. The van der Waals surface area contributed by atoms with Crippen LogP contribution in [0.25, 0.3) is 22.8 Å². The zero-order valence-electron chi connectivity index (χ0n) is 16.4. The summed E-state index contributed by atoms with van der Waals surface area (Å²) in [7, 11) is 0. The fourth-order valence-corrected chi connectivity index (χ4v) is 3.03. The molecule has 2 aromatic carbocycles. The second-order valence-corrected chi connectivity index (χ2v) is 6.94. The zero-order valence-corrected chi connectivity index (χ0v) is 16.4. The summed E-state index contributed by atoms with van der Waals surface area (Å²) in [5.74, 6) is 0.487. The molecule has 0 radical (unpaired) electrons. The predicted molar refractivity (Wildman–Crippen MR) is 112 cm³/mol. The number of aromatic nitrogens is 3. The van der Waals surface area contributed by atoms with Gasteiger partial charge in [-0.15, -0.1) is 0 Å². The highest BCUT2D eigenvalue weighted by Crippen LogP contribution is 2.22. The molecule has 7 nitrogen and oxygen atoms in total. The van der Waals surface area contributed by atoms with E-state index in [1.165, 1.54) is 10.6 Å². The lowest BCUT2D eigenvalue weighted by Crippen LogP contribution is -2.31. The van der Waals surface area contributed by atoms with Gasteiger partial charge in [-0.25, -0.2) is 0 Å². The van der Waals surface area contributed by atoms with Gasteiger partial charge in [-0.2, -0.15) is 4.98 Å². The Bertz CT molecular complexity index is 1230. The maximum Gasteiger partial charge on any atom is 0.259 e. The molecule has 150 valence electrons. The van der Waals surface area contributed by atoms with Gasteiger partial charge in [0.1, 0.15) is 6.54 Å². The lowest BCUT2D eigenvalue weighted by atomic mass is 10.1. The van der Waals surface area contributed by atoms with Crippen molar-refractivity contribution in [3.05, 3.63) is 94.4 Å². The van der Waals surface area contributed by atoms with Crippen LogP contribution in [0.4, 0.5) is 0 Å². The standard InChI is InChI=1S/C23H20N4O3/c1-16-6-5-9-18(12-16)22-25-23(30-26-22)19-10-11-21(29)27(14-19)15-20(28)24-13-17-7-3-2-4-8-17/h2-12,14H,13,15H2,1H3,(H,24,28). The van der Waals surface area contributed by atoms with E-state index < -0.39 is 0 Å². The molecule has 0 aliphatic heterocycles. The van der Waals surface area contributed by atoms with Crippen molar-refractivity contribution in [2.75, 3.05) is 0 Å². The van der Waals surface area contributed by atoms with Crippen LogP contribution in [0.2, 0.25) is 0 Å².